The van der Waals surface area contributed by atoms with E-state index >= 15 is 0 Å². The highest BCUT2D eigenvalue weighted by molar-refractivity contribution is 5.76. The number of nitrogens with zero attached hydrogens (tertiary/aromatic N) is 2. The topological polar surface area (TPSA) is 35.6 Å². The van der Waals surface area contributed by atoms with Gasteiger partial charge in [-0.15, -0.1) is 0 Å². The number of halogens is 3. The molecule has 3 atom stereocenters. The van der Waals surface area contributed by atoms with E-state index in [1.54, 1.807) is 0 Å². The second-order valence-electron chi connectivity index (χ2n) is 7.27. The molecule has 2 amide bonds. The fourth-order valence-electron chi connectivity index (χ4n) is 3.83. The van der Waals surface area contributed by atoms with E-state index in [9.17, 15) is 18.0 Å². The van der Waals surface area contributed by atoms with Gasteiger partial charge in [0.25, 0.3) is 0 Å². The molecule has 1 saturated heterocycles. The molecule has 4 nitrogen and oxygen atoms in total. The Morgan fingerprint density at radius 2 is 1.86 bits per heavy atom. The van der Waals surface area contributed by atoms with Gasteiger partial charge in [0.2, 0.25) is 0 Å². The summed E-state index contributed by atoms with van der Waals surface area (Å²) < 4.78 is 39.2. The van der Waals surface area contributed by atoms with E-state index < -0.39 is 17.6 Å². The molecule has 3 unspecified atom stereocenters. The Kier molecular flexibility index (Phi) is 4.66. The van der Waals surface area contributed by atoms with Crippen LogP contribution in [0.3, 0.4) is 0 Å². The second kappa shape index (κ2) is 5.91. The molecule has 0 radical (unpaired) electrons. The average molecular weight is 321 g/mol. The molecule has 1 heterocycles. The van der Waals surface area contributed by atoms with E-state index in [0.29, 0.717) is 6.04 Å². The monoisotopic (exact) mass is 321 g/mol. The van der Waals surface area contributed by atoms with Crippen molar-refractivity contribution in [1.82, 2.24) is 15.1 Å². The van der Waals surface area contributed by atoms with Crippen LogP contribution in [0.4, 0.5) is 18.0 Å². The molecule has 2 rings (SSSR count). The quantitative estimate of drug-likeness (QED) is 0.849. The smallest absolute Gasteiger partial charge is 0.335 e. The number of amides is 2. The SMILES string of the molecule is CN(C)C1CCC(NC(=O)N2CCC(C(F)(F)F)C2(C)C)C1. The Labute approximate surface area is 130 Å². The van der Waals surface area contributed by atoms with Crippen molar-refractivity contribution < 1.29 is 18.0 Å². The summed E-state index contributed by atoms with van der Waals surface area (Å²) in [6.45, 7) is 3.18. The van der Waals surface area contributed by atoms with Gasteiger partial charge >= 0.3 is 12.2 Å². The first-order valence-electron chi connectivity index (χ1n) is 7.84. The van der Waals surface area contributed by atoms with Crippen LogP contribution in [0.2, 0.25) is 0 Å². The molecule has 2 fully saturated rings. The van der Waals surface area contributed by atoms with Gasteiger partial charge in [-0.2, -0.15) is 13.2 Å². The highest BCUT2D eigenvalue weighted by Crippen LogP contribution is 2.44. The van der Waals surface area contributed by atoms with E-state index in [0.717, 1.165) is 19.3 Å². The minimum atomic E-state index is -4.26. The molecular formula is C15H26F3N3O. The molecule has 22 heavy (non-hydrogen) atoms. The molecular weight excluding hydrogens is 295 g/mol. The van der Waals surface area contributed by atoms with Crippen molar-refractivity contribution in [3.05, 3.63) is 0 Å². The van der Waals surface area contributed by atoms with Crippen molar-refractivity contribution in [3.63, 3.8) is 0 Å². The fraction of sp³-hybridized carbons (Fsp3) is 0.933. The minimum Gasteiger partial charge on any atom is -0.335 e. The second-order valence-corrected chi connectivity index (χ2v) is 7.27. The third-order valence-electron chi connectivity index (χ3n) is 5.29. The number of nitrogens with one attached hydrogen (secondary N) is 1. The maximum atomic E-state index is 13.1. The minimum absolute atomic E-state index is 0.0189. The molecule has 1 saturated carbocycles. The lowest BCUT2D eigenvalue weighted by atomic mass is 9.88. The zero-order valence-corrected chi connectivity index (χ0v) is 13.7. The first-order valence-corrected chi connectivity index (χ1v) is 7.84. The van der Waals surface area contributed by atoms with Crippen LogP contribution in [0.25, 0.3) is 0 Å². The van der Waals surface area contributed by atoms with Gasteiger partial charge in [0.1, 0.15) is 0 Å². The molecule has 1 N–H and O–H groups in total. The maximum absolute atomic E-state index is 13.1. The number of hydrogen-bond donors (Lipinski definition) is 1. The van der Waals surface area contributed by atoms with Crippen LogP contribution in [0.1, 0.15) is 39.5 Å². The number of likely N-dealkylation sites (tertiary alicyclic amines) is 1. The van der Waals surface area contributed by atoms with Crippen molar-refractivity contribution in [2.75, 3.05) is 20.6 Å². The number of carbonyl (C=O) groups excluding carboxylic acids is 1. The van der Waals surface area contributed by atoms with Crippen molar-refractivity contribution in [2.45, 2.75) is 63.3 Å². The number of alkyl halides is 3. The van der Waals surface area contributed by atoms with Crippen LogP contribution in [0, 0.1) is 5.92 Å². The third-order valence-corrected chi connectivity index (χ3v) is 5.29. The molecule has 0 aromatic heterocycles. The van der Waals surface area contributed by atoms with Crippen molar-refractivity contribution in [1.29, 1.82) is 0 Å². The molecule has 7 heteroatoms. The van der Waals surface area contributed by atoms with Crippen LogP contribution in [-0.4, -0.2) is 60.3 Å². The Morgan fingerprint density at radius 1 is 1.23 bits per heavy atom. The number of rotatable bonds is 2. The van der Waals surface area contributed by atoms with Crippen LogP contribution in [0.15, 0.2) is 0 Å². The molecule has 128 valence electrons. The number of urea groups is 1. The predicted octanol–water partition coefficient (Wildman–Crippen LogP) is 2.84. The van der Waals surface area contributed by atoms with Crippen LogP contribution in [-0.2, 0) is 0 Å². The lowest BCUT2D eigenvalue weighted by molar-refractivity contribution is -0.189. The summed E-state index contributed by atoms with van der Waals surface area (Å²) in [5.41, 5.74) is -1.19. The van der Waals surface area contributed by atoms with Crippen LogP contribution < -0.4 is 5.32 Å². The molecule has 1 aliphatic carbocycles. The third kappa shape index (κ3) is 3.34. The molecule has 1 aliphatic heterocycles. The van der Waals surface area contributed by atoms with E-state index in [1.807, 2.05) is 14.1 Å². The predicted molar refractivity (Wildman–Crippen MR) is 78.6 cm³/mol. The van der Waals surface area contributed by atoms with E-state index in [2.05, 4.69) is 10.2 Å². The van der Waals surface area contributed by atoms with E-state index in [4.69, 9.17) is 0 Å². The Balaban J connectivity index is 1.97. The standard InChI is InChI=1S/C15H26F3N3O/c1-14(2)12(15(16,17)18)7-8-21(14)13(22)19-10-5-6-11(9-10)20(3)4/h10-12H,5-9H2,1-4H3,(H,19,22). The normalized spacial score (nSPS) is 31.8. The highest BCUT2D eigenvalue weighted by atomic mass is 19.4. The van der Waals surface area contributed by atoms with Crippen molar-refractivity contribution >= 4 is 6.03 Å². The summed E-state index contributed by atoms with van der Waals surface area (Å²) in [5.74, 6) is -1.45. The molecule has 0 aromatic carbocycles. The first kappa shape index (κ1) is 17.4. The van der Waals surface area contributed by atoms with Gasteiger partial charge in [-0.1, -0.05) is 0 Å². The van der Waals surface area contributed by atoms with Crippen molar-refractivity contribution in [3.8, 4) is 0 Å². The lowest BCUT2D eigenvalue weighted by Crippen LogP contribution is -2.54. The number of carbonyl (C=O) groups is 1. The zero-order valence-electron chi connectivity index (χ0n) is 13.7. The maximum Gasteiger partial charge on any atom is 0.394 e. The summed E-state index contributed by atoms with van der Waals surface area (Å²) in [5, 5.41) is 2.93. The van der Waals surface area contributed by atoms with E-state index in [1.165, 1.54) is 18.7 Å². The van der Waals surface area contributed by atoms with Gasteiger partial charge < -0.3 is 15.1 Å². The summed E-state index contributed by atoms with van der Waals surface area (Å²) >= 11 is 0. The van der Waals surface area contributed by atoms with Gasteiger partial charge in [0, 0.05) is 18.6 Å². The van der Waals surface area contributed by atoms with Crippen LogP contribution in [0.5, 0.6) is 0 Å². The lowest BCUT2D eigenvalue weighted by Gasteiger charge is -2.37. The fourth-order valence-corrected chi connectivity index (χ4v) is 3.83. The Hall–Kier alpha value is -0.980. The van der Waals surface area contributed by atoms with Gasteiger partial charge in [0.05, 0.1) is 11.5 Å². The Morgan fingerprint density at radius 3 is 2.32 bits per heavy atom. The van der Waals surface area contributed by atoms with Gasteiger partial charge in [0.15, 0.2) is 0 Å². The molecule has 0 aromatic rings. The Bertz CT molecular complexity index is 423. The van der Waals surface area contributed by atoms with Gasteiger partial charge in [-0.25, -0.2) is 4.79 Å². The number of hydrogen-bond acceptors (Lipinski definition) is 2. The summed E-state index contributed by atoms with van der Waals surface area (Å²) in [4.78, 5) is 15.9. The molecule has 0 bridgehead atoms. The van der Waals surface area contributed by atoms with Crippen molar-refractivity contribution in [2.24, 2.45) is 5.92 Å². The van der Waals surface area contributed by atoms with E-state index in [-0.39, 0.29) is 25.0 Å². The zero-order chi connectivity index (χ0) is 16.7. The highest BCUT2D eigenvalue weighted by Gasteiger charge is 2.56. The summed E-state index contributed by atoms with van der Waals surface area (Å²) in [7, 11) is 4.01. The average Bonchev–Trinajstić information content (AvgIpc) is 2.91. The largest absolute Gasteiger partial charge is 0.394 e. The van der Waals surface area contributed by atoms with Crippen LogP contribution >= 0.6 is 0 Å². The first-order chi connectivity index (χ1) is 10.0. The molecule has 2 aliphatic rings. The summed E-state index contributed by atoms with van der Waals surface area (Å²) in [6.07, 6.45) is -1.54. The molecule has 0 spiro atoms. The van der Waals surface area contributed by atoms with Gasteiger partial charge in [-0.3, -0.25) is 0 Å². The summed E-state index contributed by atoms with van der Waals surface area (Å²) in [6, 6.07) is 0.126. The van der Waals surface area contributed by atoms with Gasteiger partial charge in [-0.05, 0) is 53.6 Å².